The largest absolute Gasteiger partial charge is 0.507 e. The lowest BCUT2D eigenvalue weighted by atomic mass is 10.1. The normalized spacial score (nSPS) is 11.7. The SMILES string of the molecule is CCC(N)CNc1nc(-c2cc(OC(=O)c3ccccc3OC)ccc2O)nc2ccccc12. The Morgan fingerprint density at radius 1 is 1.09 bits per heavy atom. The Balaban J connectivity index is 1.70. The van der Waals surface area contributed by atoms with Crippen molar-refractivity contribution in [2.45, 2.75) is 19.4 Å². The Kier molecular flexibility index (Phi) is 6.89. The van der Waals surface area contributed by atoms with Crippen LogP contribution in [0.3, 0.4) is 0 Å². The highest BCUT2D eigenvalue weighted by Crippen LogP contribution is 2.33. The van der Waals surface area contributed by atoms with E-state index in [0.29, 0.717) is 40.6 Å². The van der Waals surface area contributed by atoms with Crippen LogP contribution in [0, 0.1) is 0 Å². The number of benzene rings is 3. The van der Waals surface area contributed by atoms with E-state index in [0.717, 1.165) is 11.8 Å². The van der Waals surface area contributed by atoms with Crippen LogP contribution in [0.15, 0.2) is 66.7 Å². The average molecular weight is 459 g/mol. The first-order valence-corrected chi connectivity index (χ1v) is 10.9. The smallest absolute Gasteiger partial charge is 0.347 e. The number of rotatable bonds is 8. The van der Waals surface area contributed by atoms with Crippen molar-refractivity contribution in [2.24, 2.45) is 5.73 Å². The number of para-hydroxylation sites is 2. The van der Waals surface area contributed by atoms with Crippen LogP contribution in [-0.4, -0.2) is 40.7 Å². The minimum atomic E-state index is -0.579. The van der Waals surface area contributed by atoms with Crippen LogP contribution in [0.4, 0.5) is 5.82 Å². The number of nitrogens with one attached hydrogen (secondary N) is 1. The zero-order valence-corrected chi connectivity index (χ0v) is 19.0. The number of carbonyl (C=O) groups is 1. The van der Waals surface area contributed by atoms with E-state index in [-0.39, 0.29) is 17.5 Å². The average Bonchev–Trinajstić information content (AvgIpc) is 2.87. The number of aromatic nitrogens is 2. The number of nitrogens with zero attached hydrogens (tertiary/aromatic N) is 2. The molecule has 0 aliphatic heterocycles. The predicted octanol–water partition coefficient (Wildman–Crippen LogP) is 4.38. The molecule has 0 aliphatic rings. The highest BCUT2D eigenvalue weighted by Gasteiger charge is 2.17. The van der Waals surface area contributed by atoms with Gasteiger partial charge in [-0.2, -0.15) is 0 Å². The number of ether oxygens (including phenoxy) is 2. The number of carbonyl (C=O) groups excluding carboxylic acids is 1. The van der Waals surface area contributed by atoms with E-state index in [1.807, 2.05) is 31.2 Å². The van der Waals surface area contributed by atoms with Crippen LogP contribution < -0.4 is 20.5 Å². The third kappa shape index (κ3) is 4.92. The van der Waals surface area contributed by atoms with Gasteiger partial charge >= 0.3 is 5.97 Å². The number of methoxy groups -OCH3 is 1. The Morgan fingerprint density at radius 3 is 2.65 bits per heavy atom. The summed E-state index contributed by atoms with van der Waals surface area (Å²) in [6, 6.07) is 18.8. The van der Waals surface area contributed by atoms with Crippen molar-refractivity contribution in [2.75, 3.05) is 19.0 Å². The van der Waals surface area contributed by atoms with Gasteiger partial charge in [0.15, 0.2) is 5.82 Å². The monoisotopic (exact) mass is 458 g/mol. The summed E-state index contributed by atoms with van der Waals surface area (Å²) in [5.74, 6) is 0.931. The fourth-order valence-corrected chi connectivity index (χ4v) is 3.44. The molecule has 0 fully saturated rings. The van der Waals surface area contributed by atoms with Gasteiger partial charge in [-0.05, 0) is 48.9 Å². The van der Waals surface area contributed by atoms with Gasteiger partial charge in [0.1, 0.15) is 28.6 Å². The maximum atomic E-state index is 12.7. The summed E-state index contributed by atoms with van der Waals surface area (Å²) in [6.07, 6.45) is 0.823. The minimum absolute atomic E-state index is 0.0247. The van der Waals surface area contributed by atoms with Gasteiger partial charge < -0.3 is 25.6 Å². The quantitative estimate of drug-likeness (QED) is 0.263. The van der Waals surface area contributed by atoms with E-state index in [9.17, 15) is 9.90 Å². The first kappa shape index (κ1) is 23.0. The molecule has 0 amide bonds. The van der Waals surface area contributed by atoms with Crippen LogP contribution in [-0.2, 0) is 0 Å². The van der Waals surface area contributed by atoms with Crippen LogP contribution in [0.5, 0.6) is 17.2 Å². The van der Waals surface area contributed by atoms with Gasteiger partial charge in [-0.15, -0.1) is 0 Å². The summed E-state index contributed by atoms with van der Waals surface area (Å²) in [5, 5.41) is 14.7. The highest BCUT2D eigenvalue weighted by atomic mass is 16.5. The molecule has 174 valence electrons. The number of nitrogens with two attached hydrogens (primary N) is 1. The van der Waals surface area contributed by atoms with E-state index in [1.54, 1.807) is 24.3 Å². The highest BCUT2D eigenvalue weighted by molar-refractivity contribution is 5.94. The molecule has 0 saturated carbocycles. The number of anilines is 1. The third-order valence-corrected chi connectivity index (χ3v) is 5.41. The Bertz CT molecular complexity index is 1330. The van der Waals surface area contributed by atoms with Crippen molar-refractivity contribution in [1.82, 2.24) is 9.97 Å². The molecule has 4 aromatic rings. The predicted molar refractivity (Wildman–Crippen MR) is 131 cm³/mol. The van der Waals surface area contributed by atoms with E-state index >= 15 is 0 Å². The zero-order valence-electron chi connectivity index (χ0n) is 19.0. The van der Waals surface area contributed by atoms with Crippen LogP contribution in [0.1, 0.15) is 23.7 Å². The van der Waals surface area contributed by atoms with E-state index in [2.05, 4.69) is 15.3 Å². The summed E-state index contributed by atoms with van der Waals surface area (Å²) in [5.41, 5.74) is 7.40. The first-order chi connectivity index (χ1) is 16.5. The number of hydrogen-bond acceptors (Lipinski definition) is 8. The summed E-state index contributed by atoms with van der Waals surface area (Å²) >= 11 is 0. The van der Waals surface area contributed by atoms with Crippen LogP contribution in [0.25, 0.3) is 22.3 Å². The molecule has 1 atom stereocenters. The van der Waals surface area contributed by atoms with Crippen molar-refractivity contribution in [1.29, 1.82) is 0 Å². The van der Waals surface area contributed by atoms with Gasteiger partial charge in [-0.25, -0.2) is 14.8 Å². The third-order valence-electron chi connectivity index (χ3n) is 5.41. The molecule has 3 aromatic carbocycles. The molecule has 0 aliphatic carbocycles. The van der Waals surface area contributed by atoms with Crippen molar-refractivity contribution < 1.29 is 19.4 Å². The van der Waals surface area contributed by atoms with E-state index in [4.69, 9.17) is 15.2 Å². The second kappa shape index (κ2) is 10.2. The molecular formula is C26H26N4O4. The van der Waals surface area contributed by atoms with Gasteiger partial charge in [-0.1, -0.05) is 31.2 Å². The first-order valence-electron chi connectivity index (χ1n) is 10.9. The molecule has 1 aromatic heterocycles. The van der Waals surface area contributed by atoms with Crippen molar-refractivity contribution >= 4 is 22.7 Å². The van der Waals surface area contributed by atoms with Gasteiger partial charge in [0, 0.05) is 18.0 Å². The standard InChI is InChI=1S/C26H26N4O4/c1-3-16(27)15-28-24-18-8-4-6-10-21(18)29-25(30-24)20-14-17(12-13-22(20)31)34-26(32)19-9-5-7-11-23(19)33-2/h4-14,16,31H,3,15,27H2,1-2H3,(H,28,29,30). The minimum Gasteiger partial charge on any atom is -0.507 e. The molecule has 0 saturated heterocycles. The van der Waals surface area contributed by atoms with Gasteiger partial charge in [-0.3, -0.25) is 0 Å². The lowest BCUT2D eigenvalue weighted by molar-refractivity contribution is 0.0731. The molecular weight excluding hydrogens is 432 g/mol. The van der Waals surface area contributed by atoms with Gasteiger partial charge in [0.2, 0.25) is 0 Å². The van der Waals surface area contributed by atoms with E-state index in [1.165, 1.54) is 25.3 Å². The fraction of sp³-hybridized carbons (Fsp3) is 0.192. The number of phenolic OH excluding ortho intramolecular Hbond substituents is 1. The molecule has 34 heavy (non-hydrogen) atoms. The molecule has 0 radical (unpaired) electrons. The fourth-order valence-electron chi connectivity index (χ4n) is 3.44. The molecule has 4 N–H and O–H groups in total. The summed E-state index contributed by atoms with van der Waals surface area (Å²) in [4.78, 5) is 22.0. The maximum Gasteiger partial charge on any atom is 0.347 e. The van der Waals surface area contributed by atoms with E-state index < -0.39 is 5.97 Å². The van der Waals surface area contributed by atoms with Gasteiger partial charge in [0.05, 0.1) is 18.2 Å². The number of hydrogen-bond donors (Lipinski definition) is 3. The number of fused-ring (bicyclic) bond motifs is 1. The van der Waals surface area contributed by atoms with Crippen LogP contribution >= 0.6 is 0 Å². The van der Waals surface area contributed by atoms with Crippen molar-refractivity contribution in [3.05, 3.63) is 72.3 Å². The second-order valence-electron chi connectivity index (χ2n) is 7.73. The second-order valence-corrected chi connectivity index (χ2v) is 7.73. The molecule has 4 rings (SSSR count). The lowest BCUT2D eigenvalue weighted by Gasteiger charge is -2.15. The Hall–Kier alpha value is -4.17. The summed E-state index contributed by atoms with van der Waals surface area (Å²) in [6.45, 7) is 2.56. The summed E-state index contributed by atoms with van der Waals surface area (Å²) < 4.78 is 10.8. The number of aromatic hydroxyl groups is 1. The molecule has 0 bridgehead atoms. The molecule has 0 spiro atoms. The number of phenols is 1. The van der Waals surface area contributed by atoms with Crippen molar-refractivity contribution in [3.63, 3.8) is 0 Å². The Labute approximate surface area is 197 Å². The maximum absolute atomic E-state index is 12.7. The molecule has 8 nitrogen and oxygen atoms in total. The summed E-state index contributed by atoms with van der Waals surface area (Å²) in [7, 11) is 1.49. The molecule has 1 heterocycles. The van der Waals surface area contributed by atoms with Crippen molar-refractivity contribution in [3.8, 4) is 28.6 Å². The number of esters is 1. The topological polar surface area (TPSA) is 120 Å². The molecule has 8 heteroatoms. The lowest BCUT2D eigenvalue weighted by Crippen LogP contribution is -2.28. The van der Waals surface area contributed by atoms with Crippen LogP contribution in [0.2, 0.25) is 0 Å². The zero-order chi connectivity index (χ0) is 24.1. The van der Waals surface area contributed by atoms with Gasteiger partial charge in [0.25, 0.3) is 0 Å². The Morgan fingerprint density at radius 2 is 1.85 bits per heavy atom. The molecule has 1 unspecified atom stereocenters.